The maximum absolute atomic E-state index is 11.8. The number of nitrogens with zero attached hydrogens (tertiary/aromatic N) is 1. The Balaban J connectivity index is 2.13. The predicted molar refractivity (Wildman–Crippen MR) is 109 cm³/mol. The first-order chi connectivity index (χ1) is 13.4. The van der Waals surface area contributed by atoms with Crippen molar-refractivity contribution in [2.45, 2.75) is 20.8 Å². The number of nitrogens with one attached hydrogen (secondary N) is 1. The van der Waals surface area contributed by atoms with Crippen molar-refractivity contribution in [3.63, 3.8) is 0 Å². The van der Waals surface area contributed by atoms with E-state index in [-0.39, 0.29) is 11.5 Å². The van der Waals surface area contributed by atoms with Crippen molar-refractivity contribution in [3.05, 3.63) is 82.7 Å². The monoisotopic (exact) mass is 372 g/mol. The fourth-order valence-electron chi connectivity index (χ4n) is 3.10. The average molecular weight is 372 g/mol. The third kappa shape index (κ3) is 3.97. The van der Waals surface area contributed by atoms with Crippen molar-refractivity contribution in [2.75, 3.05) is 5.32 Å². The summed E-state index contributed by atoms with van der Waals surface area (Å²) < 4.78 is 1.90. The molecule has 0 aliphatic carbocycles. The number of aromatic carboxylic acids is 1. The van der Waals surface area contributed by atoms with Gasteiger partial charge in [-0.3, -0.25) is 4.79 Å². The van der Waals surface area contributed by atoms with Gasteiger partial charge < -0.3 is 15.0 Å². The van der Waals surface area contributed by atoms with Gasteiger partial charge in [0.05, 0.1) is 11.3 Å². The van der Waals surface area contributed by atoms with Crippen LogP contribution in [0, 0.1) is 25.7 Å². The molecule has 0 fully saturated rings. The second-order valence-electron chi connectivity index (χ2n) is 6.47. The zero-order valence-corrected chi connectivity index (χ0v) is 15.9. The van der Waals surface area contributed by atoms with Gasteiger partial charge in [-0.2, -0.15) is 0 Å². The zero-order valence-electron chi connectivity index (χ0n) is 15.9. The summed E-state index contributed by atoms with van der Waals surface area (Å²) in [5.41, 5.74) is 4.62. The van der Waals surface area contributed by atoms with Crippen molar-refractivity contribution in [1.29, 1.82) is 0 Å². The smallest absolute Gasteiger partial charge is 0.337 e. The van der Waals surface area contributed by atoms with Crippen LogP contribution in [0.5, 0.6) is 0 Å². The number of benzene rings is 2. The van der Waals surface area contributed by atoms with Gasteiger partial charge in [-0.1, -0.05) is 24.0 Å². The van der Waals surface area contributed by atoms with E-state index in [1.54, 1.807) is 24.3 Å². The van der Waals surface area contributed by atoms with E-state index >= 15 is 0 Å². The zero-order chi connectivity index (χ0) is 20.3. The van der Waals surface area contributed by atoms with Crippen molar-refractivity contribution in [3.8, 4) is 17.5 Å². The van der Waals surface area contributed by atoms with Crippen LogP contribution >= 0.6 is 0 Å². The topological polar surface area (TPSA) is 71.3 Å². The Kier molecular flexibility index (Phi) is 5.32. The summed E-state index contributed by atoms with van der Waals surface area (Å²) >= 11 is 0. The Morgan fingerprint density at radius 3 is 2.29 bits per heavy atom. The van der Waals surface area contributed by atoms with E-state index in [0.29, 0.717) is 16.9 Å². The lowest BCUT2D eigenvalue weighted by Crippen LogP contribution is -2.10. The van der Waals surface area contributed by atoms with Gasteiger partial charge in [0.1, 0.15) is 0 Å². The molecule has 0 saturated heterocycles. The molecule has 5 nitrogen and oxygen atoms in total. The highest BCUT2D eigenvalue weighted by Gasteiger charge is 2.17. The number of carbonyl (C=O) groups excluding carboxylic acids is 1. The molecule has 0 aliphatic rings. The molecule has 2 aromatic carbocycles. The number of aryl methyl sites for hydroxylation is 2. The van der Waals surface area contributed by atoms with Crippen molar-refractivity contribution < 1.29 is 14.7 Å². The first kappa shape index (κ1) is 19.0. The Labute approximate surface area is 163 Å². The van der Waals surface area contributed by atoms with Crippen molar-refractivity contribution >= 4 is 17.6 Å². The summed E-state index contributed by atoms with van der Waals surface area (Å²) in [6, 6.07) is 16.2. The Morgan fingerprint density at radius 1 is 0.964 bits per heavy atom. The van der Waals surface area contributed by atoms with Gasteiger partial charge in [-0.25, -0.2) is 4.79 Å². The third-order valence-corrected chi connectivity index (χ3v) is 4.29. The lowest BCUT2D eigenvalue weighted by molar-refractivity contribution is -0.114. The van der Waals surface area contributed by atoms with E-state index in [2.05, 4.69) is 17.2 Å². The average Bonchev–Trinajstić information content (AvgIpc) is 2.97. The van der Waals surface area contributed by atoms with E-state index in [9.17, 15) is 14.7 Å². The highest BCUT2D eigenvalue weighted by atomic mass is 16.4. The van der Waals surface area contributed by atoms with Crippen molar-refractivity contribution in [2.24, 2.45) is 0 Å². The summed E-state index contributed by atoms with van der Waals surface area (Å²) in [5.74, 6) is 5.02. The van der Waals surface area contributed by atoms with Crippen LogP contribution < -0.4 is 5.32 Å². The standard InChI is InChI=1S/C23H20N2O3/c1-15-10-11-16(2)25(15)22-19(7-5-9-21(22)23(27)28)13-12-18-6-4-8-20(14-18)24-17(3)26/h4-11,14H,1-3H3,(H,24,26)(H,27,28). The first-order valence-corrected chi connectivity index (χ1v) is 8.78. The third-order valence-electron chi connectivity index (χ3n) is 4.29. The maximum atomic E-state index is 11.8. The molecule has 1 heterocycles. The number of rotatable bonds is 3. The Morgan fingerprint density at radius 2 is 1.64 bits per heavy atom. The van der Waals surface area contributed by atoms with Crippen LogP contribution in [0.15, 0.2) is 54.6 Å². The van der Waals surface area contributed by atoms with Gasteiger partial charge in [0, 0.05) is 35.1 Å². The molecule has 0 bridgehead atoms. The van der Waals surface area contributed by atoms with Crippen LogP contribution in [0.2, 0.25) is 0 Å². The summed E-state index contributed by atoms with van der Waals surface area (Å²) in [4.78, 5) is 23.1. The molecule has 3 aromatic rings. The fourth-order valence-corrected chi connectivity index (χ4v) is 3.10. The first-order valence-electron chi connectivity index (χ1n) is 8.78. The minimum Gasteiger partial charge on any atom is -0.478 e. The molecule has 0 radical (unpaired) electrons. The van der Waals surface area contributed by atoms with E-state index in [1.165, 1.54) is 6.92 Å². The van der Waals surface area contributed by atoms with Crippen LogP contribution in [0.25, 0.3) is 5.69 Å². The van der Waals surface area contributed by atoms with Crippen LogP contribution in [0.1, 0.15) is 39.8 Å². The highest BCUT2D eigenvalue weighted by Crippen LogP contribution is 2.24. The molecule has 3 rings (SSSR count). The Bertz CT molecular complexity index is 1110. The minimum absolute atomic E-state index is 0.153. The number of para-hydroxylation sites is 1. The summed E-state index contributed by atoms with van der Waals surface area (Å²) in [5, 5.41) is 12.4. The largest absolute Gasteiger partial charge is 0.478 e. The summed E-state index contributed by atoms with van der Waals surface area (Å²) in [6.07, 6.45) is 0. The molecular weight excluding hydrogens is 352 g/mol. The number of hydrogen-bond donors (Lipinski definition) is 2. The molecule has 28 heavy (non-hydrogen) atoms. The van der Waals surface area contributed by atoms with E-state index in [4.69, 9.17) is 0 Å². The van der Waals surface area contributed by atoms with Crippen LogP contribution in [0.4, 0.5) is 5.69 Å². The Hall–Kier alpha value is -3.78. The molecule has 5 heteroatoms. The molecule has 1 aromatic heterocycles. The molecule has 2 N–H and O–H groups in total. The highest BCUT2D eigenvalue weighted by molar-refractivity contribution is 5.93. The van der Waals surface area contributed by atoms with Crippen LogP contribution in [-0.2, 0) is 4.79 Å². The van der Waals surface area contributed by atoms with Crippen LogP contribution in [0.3, 0.4) is 0 Å². The summed E-state index contributed by atoms with van der Waals surface area (Å²) in [6.45, 7) is 5.31. The number of carbonyl (C=O) groups is 2. The van der Waals surface area contributed by atoms with Gasteiger partial charge in [0.25, 0.3) is 0 Å². The molecule has 0 unspecified atom stereocenters. The number of anilines is 1. The lowest BCUT2D eigenvalue weighted by atomic mass is 10.1. The fraction of sp³-hybridized carbons (Fsp3) is 0.130. The van der Waals surface area contributed by atoms with Gasteiger partial charge in [-0.15, -0.1) is 0 Å². The molecular formula is C23H20N2O3. The number of amides is 1. The number of hydrogen-bond acceptors (Lipinski definition) is 2. The molecule has 0 atom stereocenters. The molecule has 140 valence electrons. The van der Waals surface area contributed by atoms with Crippen molar-refractivity contribution in [1.82, 2.24) is 4.57 Å². The van der Waals surface area contributed by atoms with Gasteiger partial charge in [-0.05, 0) is 56.3 Å². The van der Waals surface area contributed by atoms with Gasteiger partial charge >= 0.3 is 5.97 Å². The lowest BCUT2D eigenvalue weighted by Gasteiger charge is -2.14. The number of carboxylic acids is 1. The minimum atomic E-state index is -1.00. The van der Waals surface area contributed by atoms with E-state index < -0.39 is 5.97 Å². The van der Waals surface area contributed by atoms with Gasteiger partial charge in [0.2, 0.25) is 5.91 Å². The number of aromatic nitrogens is 1. The normalized spacial score (nSPS) is 10.1. The summed E-state index contributed by atoms with van der Waals surface area (Å²) in [7, 11) is 0. The molecule has 0 spiro atoms. The second kappa shape index (κ2) is 7.85. The van der Waals surface area contributed by atoms with Gasteiger partial charge in [0.15, 0.2) is 0 Å². The maximum Gasteiger partial charge on any atom is 0.337 e. The second-order valence-corrected chi connectivity index (χ2v) is 6.47. The molecule has 0 saturated carbocycles. The van der Waals surface area contributed by atoms with E-state index in [1.807, 2.05) is 48.7 Å². The van der Waals surface area contributed by atoms with E-state index in [0.717, 1.165) is 17.0 Å². The SMILES string of the molecule is CC(=O)Nc1cccc(C#Cc2cccc(C(=O)O)c2-n2c(C)ccc2C)c1. The molecule has 0 aliphatic heterocycles. The number of carboxylic acid groups (broad SMARTS) is 1. The molecule has 1 amide bonds. The predicted octanol–water partition coefficient (Wildman–Crippen LogP) is 4.15. The quantitative estimate of drug-likeness (QED) is 0.679. The van der Waals surface area contributed by atoms with Crippen LogP contribution in [-0.4, -0.2) is 21.6 Å².